The summed E-state index contributed by atoms with van der Waals surface area (Å²) in [5.74, 6) is 15.9. The third-order valence-electron chi connectivity index (χ3n) is 21.1. The third-order valence-corrected chi connectivity index (χ3v) is 48.5. The molecule has 8 heteroatoms. The topological polar surface area (TPSA) is 31.6 Å². The first-order valence-electron chi connectivity index (χ1n) is 32.1. The molecule has 0 spiro atoms. The van der Waals surface area contributed by atoms with Crippen LogP contribution >= 0.6 is 22.7 Å². The molecule has 5 aromatic heterocycles. The normalized spacial score (nSPS) is 13.2. The molecule has 5 heterocycles. The van der Waals surface area contributed by atoms with E-state index in [4.69, 9.17) is 0 Å². The smallest absolute Gasteiger partial charge is 0.146 e. The summed E-state index contributed by atoms with van der Waals surface area (Å²) in [4.78, 5) is 8.35. The van der Waals surface area contributed by atoms with E-state index in [2.05, 4.69) is 295 Å². The molecule has 0 aliphatic heterocycles. The average molecular weight is 1220 g/mol. The summed E-state index contributed by atoms with van der Waals surface area (Å²) in [5.41, 5.74) is 31.8. The van der Waals surface area contributed by atoms with Gasteiger partial charge in [0, 0.05) is 84.1 Å². The van der Waals surface area contributed by atoms with Gasteiger partial charge in [-0.05, 0) is 139 Å². The maximum absolute atomic E-state index is 4.18. The summed E-state index contributed by atoms with van der Waals surface area (Å²) < 4.78 is 4.88. The molecule has 9 rings (SSSR count). The molecule has 2 N–H and O–H groups in total. The van der Waals surface area contributed by atoms with Crippen molar-refractivity contribution >= 4 is 139 Å². The van der Waals surface area contributed by atoms with Crippen LogP contribution in [0.15, 0.2) is 72.8 Å². The van der Waals surface area contributed by atoms with Gasteiger partial charge in [-0.25, -0.2) is 0 Å². The Balaban J connectivity index is 1.52. The molecule has 0 saturated carbocycles. The number of H-pyrrole nitrogens is 2. The second kappa shape index (κ2) is 23.9. The minimum absolute atomic E-state index is 0.527. The van der Waals surface area contributed by atoms with E-state index < -0.39 is 32.3 Å². The fourth-order valence-electron chi connectivity index (χ4n) is 17.0. The van der Waals surface area contributed by atoms with Gasteiger partial charge in [0.1, 0.15) is 32.3 Å². The van der Waals surface area contributed by atoms with Gasteiger partial charge in [-0.2, -0.15) is 0 Å². The quantitative estimate of drug-likeness (QED) is 0.0903. The predicted molar refractivity (Wildman–Crippen MR) is 391 cm³/mol. The monoisotopic (exact) mass is 1210 g/mol. The molecular formula is C76H98N2S2Si4. The molecule has 0 aliphatic rings. The van der Waals surface area contributed by atoms with Crippen LogP contribution in [0.3, 0.4) is 0 Å². The van der Waals surface area contributed by atoms with Crippen molar-refractivity contribution in [1.82, 2.24) is 9.97 Å². The Morgan fingerprint density at radius 1 is 0.250 bits per heavy atom. The van der Waals surface area contributed by atoms with Gasteiger partial charge in [0.2, 0.25) is 0 Å². The Morgan fingerprint density at radius 3 is 0.560 bits per heavy atom. The van der Waals surface area contributed by atoms with Crippen LogP contribution in [0.4, 0.5) is 0 Å². The summed E-state index contributed by atoms with van der Waals surface area (Å²) in [7, 11) is -8.29. The molecule has 2 nitrogen and oxygen atoms in total. The van der Waals surface area contributed by atoms with Crippen molar-refractivity contribution in [3.05, 3.63) is 95.1 Å². The van der Waals surface area contributed by atoms with Crippen LogP contribution in [0.5, 0.6) is 0 Å². The summed E-state index contributed by atoms with van der Waals surface area (Å²) >= 11 is 3.77. The zero-order valence-electron chi connectivity index (χ0n) is 55.7. The van der Waals surface area contributed by atoms with Gasteiger partial charge in [0.05, 0.1) is 22.1 Å². The third kappa shape index (κ3) is 10.6. The van der Waals surface area contributed by atoms with E-state index in [1.54, 1.807) is 0 Å². The summed E-state index contributed by atoms with van der Waals surface area (Å²) in [6, 6.07) is 28.7. The largest absolute Gasteiger partial charge is 0.353 e. The lowest BCUT2D eigenvalue weighted by Gasteiger charge is -2.38. The van der Waals surface area contributed by atoms with Crippen molar-refractivity contribution in [2.45, 2.75) is 233 Å². The van der Waals surface area contributed by atoms with E-state index in [1.807, 2.05) is 22.7 Å². The van der Waals surface area contributed by atoms with Crippen LogP contribution < -0.4 is 0 Å². The highest BCUT2D eigenvalue weighted by molar-refractivity contribution is 7.25. The molecule has 0 fully saturated rings. The van der Waals surface area contributed by atoms with E-state index in [-0.39, 0.29) is 0 Å². The van der Waals surface area contributed by atoms with Gasteiger partial charge in [0.25, 0.3) is 0 Å². The van der Waals surface area contributed by atoms with Crippen molar-refractivity contribution in [3.8, 4) is 45.9 Å². The SMILES string of the molecule is CC(C)[Si](C#Cc1cc2c3ccc(s3)c3cc(C#C[Si](C(C)C)(C(C)C)C(C)C)cc4c5cc(C#C[Si](C(C)C)(C(C)C)C(C)C)cc(c6ccc(s6)c6cc(C#C[Si](C(C)C)(C(C)C)C(C)C)cc7c(c1)c2[nH]c67)c5[nH]c34)(C(C)C)C(C)C. The zero-order chi connectivity index (χ0) is 61.4. The molecule has 440 valence electrons. The summed E-state index contributed by atoms with van der Waals surface area (Å²) in [5, 5.41) is 9.59. The van der Waals surface area contributed by atoms with Gasteiger partial charge < -0.3 is 9.97 Å². The zero-order valence-corrected chi connectivity index (χ0v) is 61.3. The summed E-state index contributed by atoms with van der Waals surface area (Å²) in [6.07, 6.45) is 0. The Morgan fingerprint density at radius 2 is 0.405 bits per heavy atom. The minimum atomic E-state index is -2.07. The van der Waals surface area contributed by atoms with Gasteiger partial charge in [-0.3, -0.25) is 0 Å². The average Bonchev–Trinajstić information content (AvgIpc) is 1.74. The van der Waals surface area contributed by atoms with E-state index in [0.717, 1.165) is 44.3 Å². The lowest BCUT2D eigenvalue weighted by molar-refractivity contribution is 0.838. The number of thiophene rings is 2. The highest BCUT2D eigenvalue weighted by Crippen LogP contribution is 2.47. The molecule has 8 bridgehead atoms. The lowest BCUT2D eigenvalue weighted by atomic mass is 10.0. The first kappa shape index (κ1) is 63.5. The second-order valence-corrected chi connectivity index (χ2v) is 53.4. The van der Waals surface area contributed by atoms with Crippen molar-refractivity contribution in [3.63, 3.8) is 0 Å². The highest BCUT2D eigenvalue weighted by atomic mass is 32.1. The van der Waals surface area contributed by atoms with Crippen LogP contribution in [-0.4, -0.2) is 42.3 Å². The van der Waals surface area contributed by atoms with Crippen LogP contribution in [-0.2, 0) is 0 Å². The molecule has 84 heavy (non-hydrogen) atoms. The molecule has 4 aromatic carbocycles. The van der Waals surface area contributed by atoms with Crippen molar-refractivity contribution in [2.75, 3.05) is 0 Å². The number of nitrogens with one attached hydrogen (secondary N) is 2. The molecule has 0 radical (unpaired) electrons. The Bertz CT molecular complexity index is 3670. The van der Waals surface area contributed by atoms with Crippen LogP contribution in [0.1, 0.15) is 188 Å². The Hall–Kier alpha value is -5.01. The van der Waals surface area contributed by atoms with Gasteiger partial charge in [0.15, 0.2) is 0 Å². The number of fused-ring (bicyclic) bond motifs is 10. The predicted octanol–water partition coefficient (Wildman–Crippen LogP) is 24.5. The lowest BCUT2D eigenvalue weighted by Crippen LogP contribution is -2.43. The van der Waals surface area contributed by atoms with Crippen molar-refractivity contribution < 1.29 is 0 Å². The maximum atomic E-state index is 4.18. The fourth-order valence-corrected chi connectivity index (χ4v) is 40.0. The van der Waals surface area contributed by atoms with Crippen LogP contribution in [0.2, 0.25) is 66.5 Å². The van der Waals surface area contributed by atoms with E-state index in [0.29, 0.717) is 66.5 Å². The molecular weight excluding hydrogens is 1120 g/mol. The fraction of sp³-hybridized carbons (Fsp3) is 0.474. The molecule has 0 amide bonds. The first-order chi connectivity index (χ1) is 39.5. The summed E-state index contributed by atoms with van der Waals surface area (Å²) in [6.45, 7) is 58.1. The maximum Gasteiger partial charge on any atom is 0.146 e. The second-order valence-electron chi connectivity index (χ2n) is 29.0. The number of hydrogen-bond acceptors (Lipinski definition) is 2. The number of rotatable bonds is 12. The standard InChI is InChI=1S/C76H98N2S2Si4/c1-45(2)81(46(3)4,47(5)6)33-29-57-37-61-62-38-58(30-34-82(48(7)8,49(9)10)50(11)12)42-66-71-27-28-72(80-71)68-44-60(32-36-84(54(19)20,55(21)22)56(23)24)40-64-63-39-59(31-35-83(51(13)14,52(15)16)53(17)18)43-67(75(63)78-76(64)68)70-26-25-69(79-70)65(41-57)73(61)77-74(62)66/h25-28,37-56,77-78H,1-24H3. The van der Waals surface area contributed by atoms with Crippen molar-refractivity contribution in [1.29, 1.82) is 0 Å². The van der Waals surface area contributed by atoms with Crippen LogP contribution in [0.25, 0.3) is 84.0 Å². The molecule has 0 saturated heterocycles. The Kier molecular flexibility index (Phi) is 18.1. The number of benzene rings is 4. The van der Waals surface area contributed by atoms with Crippen LogP contribution in [0, 0.1) is 45.9 Å². The Labute approximate surface area is 518 Å². The van der Waals surface area contributed by atoms with E-state index >= 15 is 0 Å². The van der Waals surface area contributed by atoms with Gasteiger partial charge in [-0.1, -0.05) is 190 Å². The molecule has 0 atom stereocenters. The highest BCUT2D eigenvalue weighted by Gasteiger charge is 2.45. The van der Waals surface area contributed by atoms with E-state index in [9.17, 15) is 0 Å². The minimum Gasteiger partial charge on any atom is -0.353 e. The number of aromatic nitrogens is 2. The van der Waals surface area contributed by atoms with Gasteiger partial charge >= 0.3 is 0 Å². The molecule has 9 aromatic rings. The van der Waals surface area contributed by atoms with Gasteiger partial charge in [-0.15, -0.1) is 44.8 Å². The van der Waals surface area contributed by atoms with E-state index in [1.165, 1.54) is 61.9 Å². The van der Waals surface area contributed by atoms with Crippen molar-refractivity contribution in [2.24, 2.45) is 0 Å². The first-order valence-corrected chi connectivity index (χ1v) is 42.6. The number of aromatic amines is 2. The molecule has 0 aliphatic carbocycles. The molecule has 0 unspecified atom stereocenters. The number of hydrogen-bond donors (Lipinski definition) is 2.